The van der Waals surface area contributed by atoms with Crippen LogP contribution in [0.25, 0.3) is 0 Å². The van der Waals surface area contributed by atoms with Gasteiger partial charge in [-0.3, -0.25) is 4.90 Å². The Morgan fingerprint density at radius 3 is 2.33 bits per heavy atom. The van der Waals surface area contributed by atoms with Gasteiger partial charge in [0.15, 0.2) is 0 Å². The molecule has 1 rings (SSSR count). The van der Waals surface area contributed by atoms with Gasteiger partial charge in [-0.1, -0.05) is 0 Å². The lowest BCUT2D eigenvalue weighted by Crippen LogP contribution is -2.33. The smallest absolute Gasteiger partial charge is 0.00701 e. The van der Waals surface area contributed by atoms with Crippen LogP contribution in [0.4, 0.5) is 0 Å². The normalized spacial score (nSPS) is 30.0. The van der Waals surface area contributed by atoms with Crippen LogP contribution in [0.1, 0.15) is 33.6 Å². The van der Waals surface area contributed by atoms with E-state index in [1.165, 1.54) is 19.4 Å². The third-order valence-electron chi connectivity index (χ3n) is 2.27. The van der Waals surface area contributed by atoms with E-state index in [0.29, 0.717) is 0 Å². The summed E-state index contributed by atoms with van der Waals surface area (Å²) < 4.78 is 0. The molecular formula is C8H17N. The maximum Gasteiger partial charge on any atom is 0.00701 e. The average Bonchev–Trinajstić information content (AvgIpc) is 2.13. The summed E-state index contributed by atoms with van der Waals surface area (Å²) in [4.78, 5) is 2.57. The second-order valence-electron chi connectivity index (χ2n) is 3.32. The van der Waals surface area contributed by atoms with Crippen molar-refractivity contribution >= 4 is 0 Å². The van der Waals surface area contributed by atoms with Crippen LogP contribution >= 0.6 is 0 Å². The fraction of sp³-hybridized carbons (Fsp3) is 1.00. The molecule has 1 heterocycles. The lowest BCUT2D eigenvalue weighted by molar-refractivity contribution is 0.216. The van der Waals surface area contributed by atoms with E-state index in [1.54, 1.807) is 0 Å². The highest BCUT2D eigenvalue weighted by Gasteiger charge is 2.21. The van der Waals surface area contributed by atoms with Crippen LogP contribution in [-0.2, 0) is 0 Å². The molecule has 1 aliphatic rings. The molecule has 0 aromatic carbocycles. The van der Waals surface area contributed by atoms with Crippen molar-refractivity contribution in [3.63, 3.8) is 0 Å². The Labute approximate surface area is 58.0 Å². The van der Waals surface area contributed by atoms with E-state index < -0.39 is 0 Å². The molecule has 54 valence electrons. The summed E-state index contributed by atoms with van der Waals surface area (Å²) >= 11 is 0. The van der Waals surface area contributed by atoms with Crippen LogP contribution in [-0.4, -0.2) is 23.5 Å². The summed E-state index contributed by atoms with van der Waals surface area (Å²) in [5.41, 5.74) is 0. The molecule has 0 aromatic rings. The number of hydrogen-bond donors (Lipinski definition) is 0. The summed E-state index contributed by atoms with van der Waals surface area (Å²) in [5, 5.41) is 0. The molecule has 0 aromatic heterocycles. The molecule has 0 bridgehead atoms. The Bertz CT molecular complexity index is 88.6. The van der Waals surface area contributed by atoms with Crippen LogP contribution < -0.4 is 0 Å². The van der Waals surface area contributed by atoms with E-state index in [9.17, 15) is 0 Å². The SMILES string of the molecule is CC(C)N1CCC[C@@H]1C. The molecule has 0 amide bonds. The van der Waals surface area contributed by atoms with Crippen LogP contribution in [0.15, 0.2) is 0 Å². The monoisotopic (exact) mass is 127 g/mol. The van der Waals surface area contributed by atoms with Crippen LogP contribution in [0.3, 0.4) is 0 Å². The third kappa shape index (κ3) is 1.45. The van der Waals surface area contributed by atoms with E-state index in [2.05, 4.69) is 25.7 Å². The Hall–Kier alpha value is -0.0400. The quantitative estimate of drug-likeness (QED) is 0.520. The van der Waals surface area contributed by atoms with E-state index in [4.69, 9.17) is 0 Å². The molecule has 0 spiro atoms. The minimum atomic E-state index is 0.752. The van der Waals surface area contributed by atoms with Gasteiger partial charge in [-0.25, -0.2) is 0 Å². The first-order chi connectivity index (χ1) is 4.22. The first-order valence-electron chi connectivity index (χ1n) is 3.97. The van der Waals surface area contributed by atoms with Gasteiger partial charge in [0.1, 0.15) is 0 Å². The maximum absolute atomic E-state index is 2.57. The highest BCUT2D eigenvalue weighted by Crippen LogP contribution is 2.18. The number of likely N-dealkylation sites (tertiary alicyclic amines) is 1. The Morgan fingerprint density at radius 2 is 2.11 bits per heavy atom. The molecule has 0 saturated carbocycles. The largest absolute Gasteiger partial charge is 0.298 e. The maximum atomic E-state index is 2.57. The highest BCUT2D eigenvalue weighted by molar-refractivity contribution is 4.77. The minimum absolute atomic E-state index is 0.752. The summed E-state index contributed by atoms with van der Waals surface area (Å²) in [5.74, 6) is 0. The van der Waals surface area contributed by atoms with Crippen LogP contribution in [0.2, 0.25) is 0 Å². The molecule has 1 aliphatic heterocycles. The van der Waals surface area contributed by atoms with Gasteiger partial charge in [0.2, 0.25) is 0 Å². The molecule has 1 nitrogen and oxygen atoms in total. The minimum Gasteiger partial charge on any atom is -0.298 e. The van der Waals surface area contributed by atoms with Crippen molar-refractivity contribution in [2.24, 2.45) is 0 Å². The fourth-order valence-electron chi connectivity index (χ4n) is 1.72. The second kappa shape index (κ2) is 2.70. The van der Waals surface area contributed by atoms with Crippen molar-refractivity contribution in [1.29, 1.82) is 0 Å². The van der Waals surface area contributed by atoms with Gasteiger partial charge in [0.25, 0.3) is 0 Å². The zero-order valence-electron chi connectivity index (χ0n) is 6.72. The molecule has 1 fully saturated rings. The summed E-state index contributed by atoms with van der Waals surface area (Å²) in [6.45, 7) is 8.20. The van der Waals surface area contributed by atoms with Gasteiger partial charge in [-0.2, -0.15) is 0 Å². The van der Waals surface area contributed by atoms with Crippen molar-refractivity contribution in [3.05, 3.63) is 0 Å². The Morgan fingerprint density at radius 1 is 1.44 bits per heavy atom. The molecule has 1 saturated heterocycles. The Kier molecular flexibility index (Phi) is 2.12. The fourth-order valence-corrected chi connectivity index (χ4v) is 1.72. The first kappa shape index (κ1) is 7.07. The van der Waals surface area contributed by atoms with E-state index in [1.807, 2.05) is 0 Å². The third-order valence-corrected chi connectivity index (χ3v) is 2.27. The predicted octanol–water partition coefficient (Wildman–Crippen LogP) is 1.88. The van der Waals surface area contributed by atoms with Gasteiger partial charge >= 0.3 is 0 Å². The molecule has 9 heavy (non-hydrogen) atoms. The Balaban J connectivity index is 2.40. The number of hydrogen-bond acceptors (Lipinski definition) is 1. The van der Waals surface area contributed by atoms with Gasteiger partial charge in [0, 0.05) is 12.1 Å². The van der Waals surface area contributed by atoms with Crippen molar-refractivity contribution in [1.82, 2.24) is 4.90 Å². The topological polar surface area (TPSA) is 3.24 Å². The summed E-state index contributed by atoms with van der Waals surface area (Å²) in [6.07, 6.45) is 2.80. The molecule has 1 atom stereocenters. The number of nitrogens with zero attached hydrogens (tertiary/aromatic N) is 1. The van der Waals surface area contributed by atoms with Gasteiger partial charge in [-0.15, -0.1) is 0 Å². The predicted molar refractivity (Wildman–Crippen MR) is 40.5 cm³/mol. The van der Waals surface area contributed by atoms with Crippen molar-refractivity contribution < 1.29 is 0 Å². The number of rotatable bonds is 1. The molecule has 1 heteroatoms. The molecule has 0 unspecified atom stereocenters. The molecule has 0 radical (unpaired) electrons. The van der Waals surface area contributed by atoms with Crippen LogP contribution in [0, 0.1) is 0 Å². The van der Waals surface area contributed by atoms with E-state index in [-0.39, 0.29) is 0 Å². The standard InChI is InChI=1S/C8H17N/c1-7(2)9-6-4-5-8(9)3/h7-8H,4-6H2,1-3H3/t8-/m0/s1. The first-order valence-corrected chi connectivity index (χ1v) is 3.97. The van der Waals surface area contributed by atoms with Crippen molar-refractivity contribution in [3.8, 4) is 0 Å². The second-order valence-corrected chi connectivity index (χ2v) is 3.32. The van der Waals surface area contributed by atoms with E-state index >= 15 is 0 Å². The van der Waals surface area contributed by atoms with Gasteiger partial charge in [-0.05, 0) is 40.2 Å². The van der Waals surface area contributed by atoms with Crippen molar-refractivity contribution in [2.75, 3.05) is 6.54 Å². The lowest BCUT2D eigenvalue weighted by atomic mass is 10.2. The summed E-state index contributed by atoms with van der Waals surface area (Å²) in [7, 11) is 0. The average molecular weight is 127 g/mol. The summed E-state index contributed by atoms with van der Waals surface area (Å²) in [6, 6.07) is 1.59. The molecule has 0 N–H and O–H groups in total. The zero-order valence-corrected chi connectivity index (χ0v) is 6.72. The lowest BCUT2D eigenvalue weighted by Gasteiger charge is -2.24. The van der Waals surface area contributed by atoms with Gasteiger partial charge in [0.05, 0.1) is 0 Å². The van der Waals surface area contributed by atoms with Gasteiger partial charge < -0.3 is 0 Å². The molecular weight excluding hydrogens is 110 g/mol. The van der Waals surface area contributed by atoms with E-state index in [0.717, 1.165) is 12.1 Å². The highest BCUT2D eigenvalue weighted by atomic mass is 15.2. The van der Waals surface area contributed by atoms with Crippen molar-refractivity contribution in [2.45, 2.75) is 45.7 Å². The zero-order chi connectivity index (χ0) is 6.85. The van der Waals surface area contributed by atoms with Crippen LogP contribution in [0.5, 0.6) is 0 Å². The molecule has 0 aliphatic carbocycles.